The first-order chi connectivity index (χ1) is 2.91. The fraction of sp³-hybridized carbons (Fsp3) is 0. The minimum absolute atomic E-state index is 1.40. The lowest BCUT2D eigenvalue weighted by Gasteiger charge is -1.72. The van der Waals surface area contributed by atoms with E-state index in [0.29, 0.717) is 0 Å². The number of rotatable bonds is 1. The molecule has 0 amide bonds. The van der Waals surface area contributed by atoms with Crippen molar-refractivity contribution in [3.05, 3.63) is 12.8 Å². The predicted octanol–water partition coefficient (Wildman–Crippen LogP) is -1.59. The van der Waals surface area contributed by atoms with E-state index >= 15 is 0 Å². The standard InChI is InChI=1S/C2H6N2.H4N2/c1-2-4-3;1-2/h2,4H,1,3H2;1-2H2. The summed E-state index contributed by atoms with van der Waals surface area (Å²) in [6.45, 7) is 3.24. The van der Waals surface area contributed by atoms with E-state index in [1.165, 1.54) is 6.20 Å². The van der Waals surface area contributed by atoms with Gasteiger partial charge in [0.05, 0.1) is 0 Å². The lowest BCUT2D eigenvalue weighted by atomic mass is 11.1. The van der Waals surface area contributed by atoms with Gasteiger partial charge in [-0.2, -0.15) is 0 Å². The van der Waals surface area contributed by atoms with Crippen molar-refractivity contribution >= 4 is 0 Å². The zero-order chi connectivity index (χ0) is 5.41. The summed E-state index contributed by atoms with van der Waals surface area (Å²) < 4.78 is 0. The molecule has 0 aliphatic carbocycles. The van der Waals surface area contributed by atoms with Gasteiger partial charge in [0.25, 0.3) is 0 Å². The van der Waals surface area contributed by atoms with Crippen LogP contribution in [0, 0.1) is 0 Å². The summed E-state index contributed by atoms with van der Waals surface area (Å²) in [5.41, 5.74) is 2.19. The summed E-state index contributed by atoms with van der Waals surface area (Å²) in [6.07, 6.45) is 1.40. The van der Waals surface area contributed by atoms with Crippen molar-refractivity contribution < 1.29 is 0 Å². The molecule has 0 spiro atoms. The number of hydrogen-bond donors (Lipinski definition) is 4. The van der Waals surface area contributed by atoms with Gasteiger partial charge in [-0.15, -0.1) is 0 Å². The first-order valence-corrected chi connectivity index (χ1v) is 1.32. The summed E-state index contributed by atoms with van der Waals surface area (Å²) in [6, 6.07) is 0. The molecule has 0 aliphatic rings. The lowest BCUT2D eigenvalue weighted by molar-refractivity contribution is 0.972. The fourth-order valence-electron chi connectivity index (χ4n) is 0. The van der Waals surface area contributed by atoms with Crippen molar-refractivity contribution in [1.29, 1.82) is 0 Å². The quantitative estimate of drug-likeness (QED) is 0.231. The Bertz CT molecular complexity index is 19.5. The molecule has 0 rings (SSSR count). The molecule has 6 heavy (non-hydrogen) atoms. The van der Waals surface area contributed by atoms with E-state index < -0.39 is 0 Å². The molecular weight excluding hydrogens is 80.0 g/mol. The molecule has 0 unspecified atom stereocenters. The molecule has 0 aromatic rings. The van der Waals surface area contributed by atoms with Gasteiger partial charge in [-0.3, -0.25) is 17.5 Å². The molecule has 0 aromatic carbocycles. The van der Waals surface area contributed by atoms with Gasteiger partial charge in [-0.05, 0) is 0 Å². The van der Waals surface area contributed by atoms with Crippen LogP contribution in [-0.4, -0.2) is 0 Å². The summed E-state index contributed by atoms with van der Waals surface area (Å²) >= 11 is 0. The number of hydrazine groups is 2. The van der Waals surface area contributed by atoms with E-state index in [4.69, 9.17) is 0 Å². The minimum Gasteiger partial charge on any atom is -0.332 e. The largest absolute Gasteiger partial charge is 0.332 e. The van der Waals surface area contributed by atoms with E-state index in [9.17, 15) is 0 Å². The Morgan fingerprint density at radius 2 is 1.67 bits per heavy atom. The molecule has 0 fully saturated rings. The number of hydrogen-bond acceptors (Lipinski definition) is 4. The van der Waals surface area contributed by atoms with Crippen molar-refractivity contribution in [2.24, 2.45) is 17.5 Å². The molecule has 0 atom stereocenters. The molecule has 0 bridgehead atoms. The Morgan fingerprint density at radius 1 is 1.50 bits per heavy atom. The second-order valence-corrected chi connectivity index (χ2v) is 0.371. The third-order valence-corrected chi connectivity index (χ3v) is 0.118. The maximum absolute atomic E-state index is 4.66. The van der Waals surface area contributed by atoms with Crippen LogP contribution in [0.15, 0.2) is 12.8 Å². The Balaban J connectivity index is 0. The van der Waals surface area contributed by atoms with E-state index in [0.717, 1.165) is 0 Å². The third kappa shape index (κ3) is 114. The van der Waals surface area contributed by atoms with Gasteiger partial charge in [-0.25, -0.2) is 0 Å². The maximum Gasteiger partial charge on any atom is 0.00506 e. The lowest BCUT2D eigenvalue weighted by Crippen LogP contribution is -2.11. The molecule has 0 saturated heterocycles. The van der Waals surface area contributed by atoms with Crippen molar-refractivity contribution in [1.82, 2.24) is 5.43 Å². The normalized spacial score (nSPS) is 4.50. The molecule has 4 nitrogen and oxygen atoms in total. The summed E-state index contributed by atoms with van der Waals surface area (Å²) in [4.78, 5) is 0. The van der Waals surface area contributed by atoms with Crippen LogP contribution in [-0.2, 0) is 0 Å². The van der Waals surface area contributed by atoms with Crippen LogP contribution in [0.3, 0.4) is 0 Å². The average molecular weight is 90.1 g/mol. The summed E-state index contributed by atoms with van der Waals surface area (Å²) in [5, 5.41) is 0. The van der Waals surface area contributed by atoms with Gasteiger partial charge in [0.1, 0.15) is 0 Å². The van der Waals surface area contributed by atoms with Crippen LogP contribution in [0.25, 0.3) is 0 Å². The van der Waals surface area contributed by atoms with Gasteiger partial charge >= 0.3 is 0 Å². The van der Waals surface area contributed by atoms with Gasteiger partial charge < -0.3 is 5.43 Å². The highest BCUT2D eigenvalue weighted by molar-refractivity contribution is 4.53. The van der Waals surface area contributed by atoms with E-state index in [1.807, 2.05) is 0 Å². The van der Waals surface area contributed by atoms with Crippen LogP contribution in [0.1, 0.15) is 0 Å². The van der Waals surface area contributed by atoms with Gasteiger partial charge in [0, 0.05) is 6.20 Å². The topological polar surface area (TPSA) is 90.1 Å². The SMILES string of the molecule is C=CNN.NN. The van der Waals surface area contributed by atoms with Gasteiger partial charge in [-0.1, -0.05) is 6.58 Å². The highest BCUT2D eigenvalue weighted by atomic mass is 15.2. The molecule has 0 radical (unpaired) electrons. The second-order valence-electron chi connectivity index (χ2n) is 0.371. The minimum atomic E-state index is 1.40. The molecule has 0 aliphatic heterocycles. The van der Waals surface area contributed by atoms with E-state index in [-0.39, 0.29) is 0 Å². The zero-order valence-corrected chi connectivity index (χ0v) is 3.52. The van der Waals surface area contributed by atoms with Crippen LogP contribution in [0.4, 0.5) is 0 Å². The molecule has 0 aromatic heterocycles. The first kappa shape index (κ1) is 9.05. The third-order valence-electron chi connectivity index (χ3n) is 0.118. The fourth-order valence-corrected chi connectivity index (χ4v) is 0. The van der Waals surface area contributed by atoms with Crippen molar-refractivity contribution in [2.75, 3.05) is 0 Å². The summed E-state index contributed by atoms with van der Waals surface area (Å²) in [7, 11) is 0. The van der Waals surface area contributed by atoms with Gasteiger partial charge in [0.15, 0.2) is 0 Å². The van der Waals surface area contributed by atoms with E-state index in [1.54, 1.807) is 0 Å². The van der Waals surface area contributed by atoms with Crippen LogP contribution in [0.2, 0.25) is 0 Å². The molecular formula is C2H10N4. The second kappa shape index (κ2) is 25.6. The molecule has 0 saturated carbocycles. The Morgan fingerprint density at radius 3 is 1.67 bits per heavy atom. The first-order valence-electron chi connectivity index (χ1n) is 1.32. The monoisotopic (exact) mass is 90.1 g/mol. The van der Waals surface area contributed by atoms with E-state index in [2.05, 4.69) is 29.5 Å². The number of nitrogens with two attached hydrogens (primary N) is 3. The van der Waals surface area contributed by atoms with Crippen LogP contribution in [0.5, 0.6) is 0 Å². The molecule has 4 heteroatoms. The summed E-state index contributed by atoms with van der Waals surface area (Å²) in [5.74, 6) is 12.7. The number of nitrogens with one attached hydrogen (secondary N) is 1. The molecule has 0 heterocycles. The van der Waals surface area contributed by atoms with Crippen molar-refractivity contribution in [3.8, 4) is 0 Å². The highest BCUT2D eigenvalue weighted by Crippen LogP contribution is 1.26. The van der Waals surface area contributed by atoms with Crippen LogP contribution >= 0.6 is 0 Å². The van der Waals surface area contributed by atoms with Gasteiger partial charge in [0.2, 0.25) is 0 Å². The van der Waals surface area contributed by atoms with Crippen molar-refractivity contribution in [3.63, 3.8) is 0 Å². The smallest absolute Gasteiger partial charge is 0.00506 e. The molecule has 7 N–H and O–H groups in total. The van der Waals surface area contributed by atoms with Crippen LogP contribution < -0.4 is 23.0 Å². The predicted molar refractivity (Wildman–Crippen MR) is 25.9 cm³/mol. The highest BCUT2D eigenvalue weighted by Gasteiger charge is 1.33. The molecule has 38 valence electrons. The average Bonchev–Trinajstić information content (AvgIpc) is 1.72. The Hall–Kier alpha value is -0.580. The zero-order valence-electron chi connectivity index (χ0n) is 3.52. The Labute approximate surface area is 36.9 Å². The maximum atomic E-state index is 4.66. The Kier molecular flexibility index (Phi) is 38.7. The van der Waals surface area contributed by atoms with Crippen molar-refractivity contribution in [2.45, 2.75) is 0 Å².